The van der Waals surface area contributed by atoms with E-state index >= 15 is 0 Å². The molecule has 3 amide bonds. The molecule has 9 nitrogen and oxygen atoms in total. The number of allylic oxidation sites excluding steroid dienone is 2. The van der Waals surface area contributed by atoms with Crippen molar-refractivity contribution in [2.45, 2.75) is 25.5 Å². The summed E-state index contributed by atoms with van der Waals surface area (Å²) in [5, 5.41) is 22.5. The quantitative estimate of drug-likeness (QED) is 0.683. The Morgan fingerprint density at radius 3 is 2.44 bits per heavy atom. The predicted octanol–water partition coefficient (Wildman–Crippen LogP) is 1.30. The maximum atomic E-state index is 12.1. The molecule has 0 aromatic heterocycles. The molecule has 0 aliphatic carbocycles. The second-order valence-corrected chi connectivity index (χ2v) is 5.91. The van der Waals surface area contributed by atoms with Gasteiger partial charge in [0, 0.05) is 19.1 Å². The van der Waals surface area contributed by atoms with E-state index in [1.54, 1.807) is 17.0 Å². The molecule has 2 rings (SSSR count). The number of carbonyl (C=O) groups excluding carboxylic acids is 2. The molecule has 1 aliphatic heterocycles. The molecule has 9 heteroatoms. The number of nitrogens with two attached hydrogens (primary N) is 1. The molecule has 0 radical (unpaired) electrons. The first-order chi connectivity index (χ1) is 13.0. The summed E-state index contributed by atoms with van der Waals surface area (Å²) in [5.74, 6) is 0. The van der Waals surface area contributed by atoms with E-state index in [1.807, 2.05) is 30.3 Å². The average Bonchev–Trinajstić information content (AvgIpc) is 2.71. The molecule has 4 N–H and O–H groups in total. The maximum Gasteiger partial charge on any atom is 0.410 e. The molecule has 0 atom stereocenters. The fraction of sp³-hybridized carbons (Fsp3) is 0.333. The van der Waals surface area contributed by atoms with Gasteiger partial charge < -0.3 is 20.7 Å². The van der Waals surface area contributed by atoms with Crippen molar-refractivity contribution in [2.24, 2.45) is 5.73 Å². The van der Waals surface area contributed by atoms with Crippen molar-refractivity contribution in [3.05, 3.63) is 47.3 Å². The Balaban J connectivity index is 1.75. The number of rotatable bonds is 4. The second kappa shape index (κ2) is 9.68. The summed E-state index contributed by atoms with van der Waals surface area (Å²) in [6.45, 7) is 1.10. The number of piperidine rings is 1. The van der Waals surface area contributed by atoms with Gasteiger partial charge in [0.25, 0.3) is 0 Å². The number of amides is 3. The molecule has 140 valence electrons. The molecule has 27 heavy (non-hydrogen) atoms. The van der Waals surface area contributed by atoms with Crippen molar-refractivity contribution in [1.29, 1.82) is 10.5 Å². The van der Waals surface area contributed by atoms with Crippen molar-refractivity contribution in [3.63, 3.8) is 0 Å². The van der Waals surface area contributed by atoms with Gasteiger partial charge in [-0.15, -0.1) is 0 Å². The Morgan fingerprint density at radius 2 is 1.85 bits per heavy atom. The molecule has 1 fully saturated rings. The predicted molar refractivity (Wildman–Crippen MR) is 95.3 cm³/mol. The second-order valence-electron chi connectivity index (χ2n) is 5.91. The number of hydrogen-bond acceptors (Lipinski definition) is 6. The largest absolute Gasteiger partial charge is 0.445 e. The lowest BCUT2D eigenvalue weighted by Crippen LogP contribution is -2.49. The molecule has 0 unspecified atom stereocenters. The van der Waals surface area contributed by atoms with Gasteiger partial charge in [0.1, 0.15) is 24.4 Å². The number of benzene rings is 1. The Morgan fingerprint density at radius 1 is 1.19 bits per heavy atom. The van der Waals surface area contributed by atoms with Gasteiger partial charge in [-0.2, -0.15) is 10.5 Å². The van der Waals surface area contributed by atoms with E-state index in [-0.39, 0.29) is 24.0 Å². The zero-order chi connectivity index (χ0) is 19.6. The fourth-order valence-corrected chi connectivity index (χ4v) is 2.56. The van der Waals surface area contributed by atoms with E-state index in [0.29, 0.717) is 25.9 Å². The summed E-state index contributed by atoms with van der Waals surface area (Å²) in [6.07, 6.45) is 0.707. The molecule has 1 aromatic carbocycles. The number of urea groups is 1. The van der Waals surface area contributed by atoms with Crippen LogP contribution in [0.15, 0.2) is 41.7 Å². The van der Waals surface area contributed by atoms with Crippen LogP contribution in [-0.4, -0.2) is 36.2 Å². The van der Waals surface area contributed by atoms with Crippen molar-refractivity contribution in [2.75, 3.05) is 13.1 Å². The van der Waals surface area contributed by atoms with Crippen LogP contribution in [0.25, 0.3) is 0 Å². The van der Waals surface area contributed by atoms with Crippen molar-refractivity contribution >= 4 is 12.1 Å². The van der Waals surface area contributed by atoms with Crippen LogP contribution in [0.3, 0.4) is 0 Å². The molecule has 1 aromatic rings. The molecule has 0 saturated carbocycles. The van der Waals surface area contributed by atoms with E-state index < -0.39 is 12.1 Å². The topological polar surface area (TPSA) is 144 Å². The Bertz CT molecular complexity index is 786. The maximum absolute atomic E-state index is 12.1. The van der Waals surface area contributed by atoms with Gasteiger partial charge in [0.05, 0.1) is 0 Å². The minimum atomic E-state index is -0.616. The molecule has 0 spiro atoms. The average molecular weight is 368 g/mol. The highest BCUT2D eigenvalue weighted by Gasteiger charge is 2.25. The smallest absolute Gasteiger partial charge is 0.410 e. The molecule has 1 aliphatic rings. The van der Waals surface area contributed by atoms with Crippen molar-refractivity contribution < 1.29 is 14.3 Å². The Hall–Kier alpha value is -3.72. The van der Waals surface area contributed by atoms with Crippen LogP contribution < -0.4 is 16.4 Å². The summed E-state index contributed by atoms with van der Waals surface area (Å²) >= 11 is 0. The number of likely N-dealkylation sites (tertiary alicyclic amines) is 1. The first kappa shape index (κ1) is 19.6. The highest BCUT2D eigenvalue weighted by atomic mass is 16.6. The number of nitriles is 2. The third-order valence-electron chi connectivity index (χ3n) is 4.03. The van der Waals surface area contributed by atoms with Crippen LogP contribution in [0, 0.1) is 22.7 Å². The highest BCUT2D eigenvalue weighted by Crippen LogP contribution is 2.12. The monoisotopic (exact) mass is 368 g/mol. The van der Waals surface area contributed by atoms with Crippen LogP contribution in [-0.2, 0) is 11.3 Å². The summed E-state index contributed by atoms with van der Waals surface area (Å²) in [6, 6.07) is 11.9. The van der Waals surface area contributed by atoms with Crippen LogP contribution in [0.1, 0.15) is 18.4 Å². The summed E-state index contributed by atoms with van der Waals surface area (Å²) < 4.78 is 5.29. The van der Waals surface area contributed by atoms with Gasteiger partial charge in [-0.25, -0.2) is 9.59 Å². The van der Waals surface area contributed by atoms with Gasteiger partial charge in [-0.1, -0.05) is 30.3 Å². The van der Waals surface area contributed by atoms with Crippen molar-refractivity contribution in [1.82, 2.24) is 15.5 Å². The van der Waals surface area contributed by atoms with Gasteiger partial charge >= 0.3 is 12.1 Å². The summed E-state index contributed by atoms with van der Waals surface area (Å²) in [4.78, 5) is 25.6. The van der Waals surface area contributed by atoms with Crippen LogP contribution in [0.4, 0.5) is 9.59 Å². The van der Waals surface area contributed by atoms with Gasteiger partial charge in [0.15, 0.2) is 5.70 Å². The molecular formula is C18H20N6O3. The van der Waals surface area contributed by atoms with Gasteiger partial charge in [-0.05, 0) is 18.4 Å². The standard InChI is InChI=1S/C18H20N6O3/c19-10-15(21)16(11-20)23-17(25)22-14-6-8-24(9-7-14)18(26)27-12-13-4-2-1-3-5-13/h1-5,14H,6-9,12,21H2,(H2,22,23,25)/b16-15-. The van der Waals surface area contributed by atoms with Crippen LogP contribution >= 0.6 is 0 Å². The number of hydrogen-bond donors (Lipinski definition) is 3. The van der Waals surface area contributed by atoms with Gasteiger partial charge in [-0.3, -0.25) is 5.32 Å². The lowest BCUT2D eigenvalue weighted by atomic mass is 10.1. The fourth-order valence-electron chi connectivity index (χ4n) is 2.56. The summed E-state index contributed by atoms with van der Waals surface area (Å²) in [7, 11) is 0. The van der Waals surface area contributed by atoms with Crippen LogP contribution in [0.5, 0.6) is 0 Å². The molecule has 0 bridgehead atoms. The minimum Gasteiger partial charge on any atom is -0.445 e. The Kier molecular flexibility index (Phi) is 7.03. The van der Waals surface area contributed by atoms with E-state index in [0.717, 1.165) is 5.56 Å². The first-order valence-corrected chi connectivity index (χ1v) is 8.36. The number of nitrogens with one attached hydrogen (secondary N) is 2. The zero-order valence-corrected chi connectivity index (χ0v) is 14.6. The zero-order valence-electron chi connectivity index (χ0n) is 14.6. The normalized spacial score (nSPS) is 15.0. The number of carbonyl (C=O) groups is 2. The van der Waals surface area contributed by atoms with E-state index in [2.05, 4.69) is 10.6 Å². The highest BCUT2D eigenvalue weighted by molar-refractivity contribution is 5.77. The van der Waals surface area contributed by atoms with E-state index in [4.69, 9.17) is 21.0 Å². The number of nitrogens with zero attached hydrogens (tertiary/aromatic N) is 3. The SMILES string of the molecule is N#C/C(N)=C(\C#N)NC(=O)NC1CCN(C(=O)OCc2ccccc2)CC1. The third-order valence-corrected chi connectivity index (χ3v) is 4.03. The lowest BCUT2D eigenvalue weighted by Gasteiger charge is -2.31. The molecule has 1 saturated heterocycles. The lowest BCUT2D eigenvalue weighted by molar-refractivity contribution is 0.0859. The molecule has 1 heterocycles. The number of ether oxygens (including phenoxy) is 1. The third kappa shape index (κ3) is 5.94. The summed E-state index contributed by atoms with van der Waals surface area (Å²) in [5.41, 5.74) is 5.59. The van der Waals surface area contributed by atoms with Gasteiger partial charge in [0.2, 0.25) is 0 Å². The van der Waals surface area contributed by atoms with E-state index in [9.17, 15) is 9.59 Å². The first-order valence-electron chi connectivity index (χ1n) is 8.36. The minimum absolute atomic E-state index is 0.161. The van der Waals surface area contributed by atoms with Crippen molar-refractivity contribution in [3.8, 4) is 12.1 Å². The Labute approximate surface area is 157 Å². The molecular weight excluding hydrogens is 348 g/mol. The van der Waals surface area contributed by atoms with E-state index in [1.165, 1.54) is 0 Å². The van der Waals surface area contributed by atoms with Crippen LogP contribution in [0.2, 0.25) is 0 Å².